The Labute approximate surface area is 204 Å². The van der Waals surface area contributed by atoms with E-state index >= 15 is 0 Å². The minimum absolute atomic E-state index is 0.0883. The van der Waals surface area contributed by atoms with Crippen molar-refractivity contribution in [3.63, 3.8) is 0 Å². The van der Waals surface area contributed by atoms with Crippen LogP contribution in [0.2, 0.25) is 0 Å². The van der Waals surface area contributed by atoms with E-state index < -0.39 is 11.8 Å². The number of hydrogen-bond acceptors (Lipinski definition) is 7. The molecule has 11 heteroatoms. The first-order valence-electron chi connectivity index (χ1n) is 10.8. The number of rotatable bonds is 5. The van der Waals surface area contributed by atoms with Crippen LogP contribution in [0.3, 0.4) is 0 Å². The third-order valence-corrected chi connectivity index (χ3v) is 6.72. The number of nitrogens with one attached hydrogen (secondary N) is 3. The predicted octanol–water partition coefficient (Wildman–Crippen LogP) is 4.69. The Morgan fingerprint density at radius 2 is 1.91 bits per heavy atom. The normalized spacial score (nSPS) is 13.3. The van der Waals surface area contributed by atoms with Crippen LogP contribution in [-0.2, 0) is 4.74 Å². The van der Waals surface area contributed by atoms with Gasteiger partial charge in [0.1, 0.15) is 23.2 Å². The Morgan fingerprint density at radius 3 is 2.60 bits per heavy atom. The molecule has 0 saturated carbocycles. The zero-order chi connectivity index (χ0) is 24.2. The van der Waals surface area contributed by atoms with Crippen LogP contribution in [0.5, 0.6) is 0 Å². The molecule has 2 aromatic heterocycles. The van der Waals surface area contributed by atoms with Gasteiger partial charge < -0.3 is 20.3 Å². The summed E-state index contributed by atoms with van der Waals surface area (Å²) < 4.78 is 19.3. The molecule has 0 aliphatic carbocycles. The number of carbonyl (C=O) groups excluding carboxylic acids is 1. The van der Waals surface area contributed by atoms with Gasteiger partial charge in [-0.3, -0.25) is 5.10 Å². The summed E-state index contributed by atoms with van der Waals surface area (Å²) in [6, 6.07) is 14.8. The molecule has 35 heavy (non-hydrogen) atoms. The first-order valence-corrected chi connectivity index (χ1v) is 11.6. The van der Waals surface area contributed by atoms with Gasteiger partial charge in [-0.25, -0.2) is 14.2 Å². The second-order valence-electron chi connectivity index (χ2n) is 7.66. The summed E-state index contributed by atoms with van der Waals surface area (Å²) in [7, 11) is 0. The Kier molecular flexibility index (Phi) is 6.38. The van der Waals surface area contributed by atoms with E-state index in [1.54, 1.807) is 24.3 Å². The van der Waals surface area contributed by atoms with Crippen LogP contribution >= 0.6 is 11.3 Å². The first-order chi connectivity index (χ1) is 17.1. The lowest BCUT2D eigenvalue weighted by Gasteiger charge is -2.27. The maximum atomic E-state index is 13.8. The van der Waals surface area contributed by atoms with Gasteiger partial charge in [0.2, 0.25) is 0 Å². The highest BCUT2D eigenvalue weighted by atomic mass is 32.1. The molecule has 1 aliphatic heterocycles. The Balaban J connectivity index is 1.44. The van der Waals surface area contributed by atoms with Gasteiger partial charge in [0.25, 0.3) is 0 Å². The Bertz CT molecular complexity index is 1370. The molecule has 3 heterocycles. The van der Waals surface area contributed by atoms with E-state index in [1.807, 2.05) is 12.1 Å². The Hall–Kier alpha value is -4.27. The SMILES string of the molecule is N#Cc1c(N2CCOCC2)sc(-c2nc[nH]n2)c1-c1ccc(NC(=O)Nc2ccccc2F)cc1. The minimum Gasteiger partial charge on any atom is -0.378 e. The fraction of sp³-hybridized carbons (Fsp3) is 0.167. The molecular formula is C24H20FN7O2S. The number of thiophene rings is 1. The van der Waals surface area contributed by atoms with Crippen molar-refractivity contribution in [2.45, 2.75) is 0 Å². The van der Waals surface area contributed by atoms with E-state index in [9.17, 15) is 14.4 Å². The maximum Gasteiger partial charge on any atom is 0.323 e. The molecule has 1 saturated heterocycles. The van der Waals surface area contributed by atoms with Gasteiger partial charge in [0.15, 0.2) is 5.82 Å². The van der Waals surface area contributed by atoms with Crippen molar-refractivity contribution >= 4 is 33.7 Å². The molecule has 2 amide bonds. The van der Waals surface area contributed by atoms with Crippen molar-refractivity contribution in [2.24, 2.45) is 0 Å². The molecule has 0 unspecified atom stereocenters. The monoisotopic (exact) mass is 489 g/mol. The summed E-state index contributed by atoms with van der Waals surface area (Å²) in [6.07, 6.45) is 1.50. The molecule has 0 spiro atoms. The van der Waals surface area contributed by atoms with Gasteiger partial charge >= 0.3 is 6.03 Å². The van der Waals surface area contributed by atoms with E-state index in [0.717, 1.165) is 21.0 Å². The summed E-state index contributed by atoms with van der Waals surface area (Å²) >= 11 is 1.47. The number of amides is 2. The van der Waals surface area contributed by atoms with Crippen LogP contribution < -0.4 is 15.5 Å². The first kappa shape index (κ1) is 22.5. The standard InChI is InChI=1S/C24H20FN7O2S/c25-18-3-1-2-4-19(18)30-24(33)29-16-7-5-15(6-8-16)20-17(13-26)23(32-9-11-34-12-10-32)35-21(20)22-27-14-28-31-22/h1-8,14H,9-12H2,(H,27,28,31)(H2,29,30,33). The van der Waals surface area contributed by atoms with Gasteiger partial charge in [-0.05, 0) is 29.8 Å². The van der Waals surface area contributed by atoms with E-state index in [0.29, 0.717) is 43.4 Å². The van der Waals surface area contributed by atoms with Gasteiger partial charge in [0.05, 0.1) is 29.3 Å². The number of ether oxygens (including phenoxy) is 1. The van der Waals surface area contributed by atoms with Gasteiger partial charge in [0, 0.05) is 24.3 Å². The highest BCUT2D eigenvalue weighted by Gasteiger charge is 2.26. The quantitative estimate of drug-likeness (QED) is 0.374. The molecule has 0 atom stereocenters. The van der Waals surface area contributed by atoms with Crippen molar-refractivity contribution in [1.29, 1.82) is 5.26 Å². The molecule has 1 fully saturated rings. The maximum absolute atomic E-state index is 13.8. The number of anilines is 3. The fourth-order valence-corrected chi connectivity index (χ4v) is 5.10. The number of carbonyl (C=O) groups is 1. The van der Waals surface area contributed by atoms with Crippen molar-refractivity contribution in [3.05, 3.63) is 66.2 Å². The summed E-state index contributed by atoms with van der Waals surface area (Å²) in [4.78, 5) is 19.5. The number of halogens is 1. The number of aromatic nitrogens is 3. The van der Waals surface area contributed by atoms with E-state index in [-0.39, 0.29) is 5.69 Å². The van der Waals surface area contributed by atoms with Crippen molar-refractivity contribution in [1.82, 2.24) is 15.2 Å². The van der Waals surface area contributed by atoms with Crippen molar-refractivity contribution in [2.75, 3.05) is 41.8 Å². The molecule has 0 radical (unpaired) electrons. The van der Waals surface area contributed by atoms with E-state index in [4.69, 9.17) is 4.74 Å². The molecular weight excluding hydrogens is 469 g/mol. The molecule has 3 N–H and O–H groups in total. The molecule has 0 bridgehead atoms. The number of para-hydroxylation sites is 1. The van der Waals surface area contributed by atoms with Gasteiger partial charge in [-0.15, -0.1) is 11.3 Å². The summed E-state index contributed by atoms with van der Waals surface area (Å²) in [5, 5.41) is 23.1. The predicted molar refractivity (Wildman–Crippen MR) is 132 cm³/mol. The van der Waals surface area contributed by atoms with Crippen LogP contribution in [0.4, 0.5) is 25.6 Å². The highest BCUT2D eigenvalue weighted by Crippen LogP contribution is 2.46. The topological polar surface area (TPSA) is 119 Å². The van der Waals surface area contributed by atoms with Crippen LogP contribution in [0.25, 0.3) is 21.8 Å². The average molecular weight is 490 g/mol. The third kappa shape index (κ3) is 4.70. The second kappa shape index (κ2) is 9.92. The number of aromatic amines is 1. The zero-order valence-corrected chi connectivity index (χ0v) is 19.2. The van der Waals surface area contributed by atoms with E-state index in [1.165, 1.54) is 29.8 Å². The molecule has 2 aromatic carbocycles. The summed E-state index contributed by atoms with van der Waals surface area (Å²) in [6.45, 7) is 2.59. The number of morpholine rings is 1. The van der Waals surface area contributed by atoms with Gasteiger partial charge in [-0.2, -0.15) is 10.4 Å². The number of urea groups is 1. The highest BCUT2D eigenvalue weighted by molar-refractivity contribution is 7.20. The Morgan fingerprint density at radius 1 is 1.14 bits per heavy atom. The van der Waals surface area contributed by atoms with Crippen LogP contribution in [0.1, 0.15) is 5.56 Å². The second-order valence-corrected chi connectivity index (χ2v) is 8.66. The molecule has 4 aromatic rings. The fourth-order valence-electron chi connectivity index (χ4n) is 3.83. The number of H-pyrrole nitrogens is 1. The summed E-state index contributed by atoms with van der Waals surface area (Å²) in [5.74, 6) is -0.0115. The molecule has 5 rings (SSSR count). The number of nitriles is 1. The van der Waals surface area contributed by atoms with Crippen LogP contribution in [0, 0.1) is 17.1 Å². The van der Waals surface area contributed by atoms with Crippen LogP contribution in [0.15, 0.2) is 54.9 Å². The smallest absolute Gasteiger partial charge is 0.323 e. The minimum atomic E-state index is -0.563. The van der Waals surface area contributed by atoms with Gasteiger partial charge in [-0.1, -0.05) is 24.3 Å². The average Bonchev–Trinajstić information content (AvgIpc) is 3.54. The molecule has 176 valence electrons. The van der Waals surface area contributed by atoms with E-state index in [2.05, 4.69) is 36.8 Å². The largest absolute Gasteiger partial charge is 0.378 e. The van der Waals surface area contributed by atoms with Crippen molar-refractivity contribution in [3.8, 4) is 27.9 Å². The number of hydrogen-bond donors (Lipinski definition) is 3. The molecule has 9 nitrogen and oxygen atoms in total. The summed E-state index contributed by atoms with van der Waals surface area (Å²) in [5.41, 5.74) is 2.68. The lowest BCUT2D eigenvalue weighted by molar-refractivity contribution is 0.123. The zero-order valence-electron chi connectivity index (χ0n) is 18.4. The lowest BCUT2D eigenvalue weighted by Crippen LogP contribution is -2.36. The third-order valence-electron chi connectivity index (χ3n) is 5.47. The lowest BCUT2D eigenvalue weighted by atomic mass is 10.0. The molecule has 1 aliphatic rings. The number of nitrogens with zero attached hydrogens (tertiary/aromatic N) is 4. The van der Waals surface area contributed by atoms with Crippen molar-refractivity contribution < 1.29 is 13.9 Å². The number of benzene rings is 2. The van der Waals surface area contributed by atoms with Crippen LogP contribution in [-0.4, -0.2) is 47.5 Å².